The van der Waals surface area contributed by atoms with Crippen molar-refractivity contribution in [3.63, 3.8) is 0 Å². The Labute approximate surface area is 377 Å². The van der Waals surface area contributed by atoms with Crippen LogP contribution in [0.15, 0.2) is 35.9 Å². The molecular formula is C44H60ClN5O12S. The van der Waals surface area contributed by atoms with E-state index < -0.39 is 70.9 Å². The number of aliphatic hydroxyl groups is 1. The number of likely N-dealkylation sites (N-methyl/N-ethyl adjacent to an activating group) is 1. The van der Waals surface area contributed by atoms with Crippen molar-refractivity contribution in [3.8, 4) is 5.75 Å². The Morgan fingerprint density at radius 1 is 1.13 bits per heavy atom. The molecule has 4 heterocycles. The Morgan fingerprint density at radius 3 is 2.48 bits per heavy atom. The van der Waals surface area contributed by atoms with E-state index in [0.717, 1.165) is 23.1 Å². The summed E-state index contributed by atoms with van der Waals surface area (Å²) in [6.45, 7) is 7.28. The maximum Gasteiger partial charge on any atom is 0.409 e. The first-order valence-corrected chi connectivity index (χ1v) is 22.5. The van der Waals surface area contributed by atoms with Crippen molar-refractivity contribution in [1.82, 2.24) is 14.5 Å². The van der Waals surface area contributed by atoms with Crippen LogP contribution in [0.25, 0.3) is 0 Å². The van der Waals surface area contributed by atoms with Crippen molar-refractivity contribution < 1.29 is 57.6 Å². The standard InChI is InChI=1S/C44H60ClN5O12S/c1-23-10-9-11-33(59-8)44(57)21-31(60-42(56)47-44)24(2)38-43(4,62-38)34(20-35(51)48(5)29-17-27(16-23)18-30(58-7)37(29)45)61-41(55)25(3)49(6)63-32-19-36(52)50(40(32)54)22-26-12-14-28(15-13-26)39(46)53/h9-11,17-18,24-26,28,31-34,38,57H,12-16,19-22H2,1-8H3,(H2,46,53)(H,47,56)/b11-9+,23-10+/t24-,25+,26?,28?,31+,32?,33-,34+,38+,43+,44+/m1/s1. The highest BCUT2D eigenvalue weighted by Crippen LogP contribution is 2.49. The number of hydrogen-bond acceptors (Lipinski definition) is 14. The molecule has 346 valence electrons. The molecular weight excluding hydrogens is 858 g/mol. The summed E-state index contributed by atoms with van der Waals surface area (Å²) in [5.41, 5.74) is 4.43. The molecule has 5 aliphatic rings. The Morgan fingerprint density at radius 2 is 1.83 bits per heavy atom. The third-order valence-electron chi connectivity index (χ3n) is 13.3. The number of alkyl carbamates (subject to hydrolysis) is 1. The predicted octanol–water partition coefficient (Wildman–Crippen LogP) is 4.06. The number of hydrogen-bond donors (Lipinski definition) is 3. The minimum atomic E-state index is -1.86. The van der Waals surface area contributed by atoms with E-state index in [9.17, 15) is 33.9 Å². The summed E-state index contributed by atoms with van der Waals surface area (Å²) < 4.78 is 31.1. The maximum atomic E-state index is 14.3. The molecule has 0 spiro atoms. The van der Waals surface area contributed by atoms with Gasteiger partial charge in [-0.25, -0.2) is 9.10 Å². The first kappa shape index (κ1) is 48.3. The molecule has 1 unspecified atom stereocenters. The number of nitrogens with one attached hydrogen (secondary N) is 1. The summed E-state index contributed by atoms with van der Waals surface area (Å²) in [5, 5.41) is 13.8. The molecule has 0 aromatic heterocycles. The third-order valence-corrected chi connectivity index (χ3v) is 14.9. The van der Waals surface area contributed by atoms with Gasteiger partial charge in [0.25, 0.3) is 0 Å². The number of amides is 5. The van der Waals surface area contributed by atoms with Crippen LogP contribution in [0.5, 0.6) is 5.75 Å². The van der Waals surface area contributed by atoms with E-state index in [1.54, 1.807) is 63.5 Å². The molecule has 9 atom stereocenters. The number of ether oxygens (including phenoxy) is 5. The van der Waals surface area contributed by atoms with Crippen molar-refractivity contribution in [2.24, 2.45) is 23.5 Å². The van der Waals surface area contributed by atoms with Gasteiger partial charge in [-0.05, 0) is 83.5 Å². The van der Waals surface area contributed by atoms with Crippen LogP contribution in [0.4, 0.5) is 10.5 Å². The van der Waals surface area contributed by atoms with Gasteiger partial charge in [0.15, 0.2) is 5.72 Å². The monoisotopic (exact) mass is 917 g/mol. The molecule has 1 saturated carbocycles. The number of epoxide rings is 1. The first-order valence-electron chi connectivity index (χ1n) is 21.3. The van der Waals surface area contributed by atoms with E-state index in [4.69, 9.17) is 41.0 Å². The fraction of sp³-hybridized carbons (Fsp3) is 0.636. The van der Waals surface area contributed by atoms with Crippen LogP contribution in [0.1, 0.15) is 78.2 Å². The first-order chi connectivity index (χ1) is 29.7. The second kappa shape index (κ2) is 19.5. The van der Waals surface area contributed by atoms with E-state index in [-0.39, 0.29) is 60.4 Å². The number of allylic oxidation sites excluding steroid dienone is 3. The van der Waals surface area contributed by atoms with Crippen molar-refractivity contribution in [1.29, 1.82) is 0 Å². The molecule has 0 radical (unpaired) electrons. The molecule has 4 fully saturated rings. The number of rotatable bonds is 10. The van der Waals surface area contributed by atoms with Gasteiger partial charge in [0, 0.05) is 45.4 Å². The van der Waals surface area contributed by atoms with Gasteiger partial charge in [0.05, 0.1) is 25.3 Å². The Hall–Kier alpha value is -4.20. The molecule has 17 nitrogen and oxygen atoms in total. The lowest BCUT2D eigenvalue weighted by atomic mass is 9.81. The minimum Gasteiger partial charge on any atom is -0.495 e. The van der Waals surface area contributed by atoms with Crippen LogP contribution in [0, 0.1) is 17.8 Å². The summed E-state index contributed by atoms with van der Waals surface area (Å²) >= 11 is 7.87. The minimum absolute atomic E-state index is 0.0383. The lowest BCUT2D eigenvalue weighted by molar-refractivity contribution is -0.157. The Balaban J connectivity index is 1.23. The van der Waals surface area contributed by atoms with E-state index in [1.165, 1.54) is 24.0 Å². The van der Waals surface area contributed by atoms with Crippen molar-refractivity contribution in [2.45, 2.75) is 126 Å². The molecule has 6 rings (SSSR count). The van der Waals surface area contributed by atoms with E-state index in [1.807, 2.05) is 13.0 Å². The van der Waals surface area contributed by atoms with Gasteiger partial charge in [-0.15, -0.1) is 0 Å². The molecule has 3 saturated heterocycles. The summed E-state index contributed by atoms with van der Waals surface area (Å²) in [4.78, 5) is 82.3. The molecule has 1 aromatic carbocycles. The van der Waals surface area contributed by atoms with Crippen LogP contribution in [0.2, 0.25) is 5.02 Å². The van der Waals surface area contributed by atoms with E-state index >= 15 is 0 Å². The van der Waals surface area contributed by atoms with Crippen LogP contribution in [-0.2, 0) is 49.3 Å². The topological polar surface area (TPSA) is 220 Å². The number of methoxy groups -OCH3 is 2. The smallest absolute Gasteiger partial charge is 0.409 e. The molecule has 19 heteroatoms. The number of benzene rings is 1. The number of imide groups is 1. The lowest BCUT2D eigenvalue weighted by Crippen LogP contribution is -2.63. The van der Waals surface area contributed by atoms with Gasteiger partial charge in [-0.1, -0.05) is 54.3 Å². The summed E-state index contributed by atoms with van der Waals surface area (Å²) in [7, 11) is 6.10. The molecule has 1 aromatic rings. The third kappa shape index (κ3) is 10.5. The number of nitrogens with zero attached hydrogens (tertiary/aromatic N) is 3. The number of fused-ring (bicyclic) bond motifs is 5. The number of esters is 1. The van der Waals surface area contributed by atoms with Crippen LogP contribution >= 0.6 is 23.5 Å². The highest BCUT2D eigenvalue weighted by Gasteiger charge is 2.64. The van der Waals surface area contributed by atoms with Gasteiger partial charge in [0.1, 0.15) is 46.0 Å². The number of anilines is 1. The van der Waals surface area contributed by atoms with Crippen LogP contribution < -0.4 is 20.7 Å². The normalized spacial score (nSPS) is 34.6. The zero-order valence-electron chi connectivity index (χ0n) is 37.1. The van der Waals surface area contributed by atoms with Gasteiger partial charge < -0.3 is 39.4 Å². The lowest BCUT2D eigenvalue weighted by Gasteiger charge is -2.42. The van der Waals surface area contributed by atoms with Crippen LogP contribution in [0.3, 0.4) is 0 Å². The Bertz CT molecular complexity index is 2030. The summed E-state index contributed by atoms with van der Waals surface area (Å²) in [5.74, 6) is -2.47. The highest BCUT2D eigenvalue weighted by atomic mass is 35.5. The highest BCUT2D eigenvalue weighted by molar-refractivity contribution is 7.98. The molecule has 5 amide bonds. The fourth-order valence-corrected chi connectivity index (χ4v) is 10.5. The molecule has 4 N–H and O–H groups in total. The second-order valence-corrected chi connectivity index (χ2v) is 19.4. The number of halogens is 1. The average molecular weight is 919 g/mol. The predicted molar refractivity (Wildman–Crippen MR) is 233 cm³/mol. The van der Waals surface area contributed by atoms with Crippen molar-refractivity contribution >= 4 is 64.9 Å². The van der Waals surface area contributed by atoms with Crippen molar-refractivity contribution in [2.75, 3.05) is 39.8 Å². The number of carbonyl (C=O) groups is 6. The van der Waals surface area contributed by atoms with Gasteiger partial charge in [-0.2, -0.15) is 0 Å². The number of likely N-dealkylation sites (tertiary alicyclic amines) is 1. The van der Waals surface area contributed by atoms with E-state index in [0.29, 0.717) is 43.5 Å². The van der Waals surface area contributed by atoms with Gasteiger partial charge in [-0.3, -0.25) is 34.2 Å². The number of primary amides is 1. The second-order valence-electron chi connectivity index (χ2n) is 17.7. The zero-order valence-corrected chi connectivity index (χ0v) is 38.7. The summed E-state index contributed by atoms with van der Waals surface area (Å²) in [6.07, 6.45) is 3.26. The van der Waals surface area contributed by atoms with Crippen LogP contribution in [-0.4, -0.2) is 132 Å². The molecule has 4 bridgehead atoms. The molecule has 4 aliphatic heterocycles. The number of carbonyl (C=O) groups excluding carboxylic acids is 6. The zero-order chi connectivity index (χ0) is 46.1. The quantitative estimate of drug-likeness (QED) is 0.131. The Kier molecular flexibility index (Phi) is 14.9. The van der Waals surface area contributed by atoms with Gasteiger partial charge >= 0.3 is 12.1 Å². The average Bonchev–Trinajstić information content (AvgIpc) is 3.87. The van der Waals surface area contributed by atoms with Crippen molar-refractivity contribution in [3.05, 3.63) is 46.5 Å². The fourth-order valence-electron chi connectivity index (χ4n) is 9.10. The van der Waals surface area contributed by atoms with E-state index in [2.05, 4.69) is 5.32 Å². The number of nitrogens with two attached hydrogens (primary N) is 1. The van der Waals surface area contributed by atoms with Gasteiger partial charge in [0.2, 0.25) is 23.6 Å². The SMILES string of the molecule is COc1cc2cc(c1Cl)N(C)C(=O)C[C@H](OC(=O)[C@H](C)N(C)SC1CC(=O)N(CC3CCC(C(N)=O)CC3)C1=O)[C@]1(C)O[C@H]1[C@H](C)[C@@H]1C[C@@](O)(NC(=O)O1)[C@H](OC)/C=C/C=C(\C)C2. The summed E-state index contributed by atoms with van der Waals surface area (Å²) in [6, 6.07) is 2.61. The maximum absolute atomic E-state index is 14.3. The largest absolute Gasteiger partial charge is 0.495 e. The molecule has 63 heavy (non-hydrogen) atoms. The molecule has 1 aliphatic carbocycles.